The maximum atomic E-state index is 3.76. The van der Waals surface area contributed by atoms with Gasteiger partial charge in [0.1, 0.15) is 0 Å². The van der Waals surface area contributed by atoms with Crippen molar-refractivity contribution in [1.82, 2.24) is 10.2 Å². The average Bonchev–Trinajstić information content (AvgIpc) is 2.39. The highest BCUT2D eigenvalue weighted by Crippen LogP contribution is 2.37. The van der Waals surface area contributed by atoms with E-state index in [0.29, 0.717) is 5.41 Å². The average molecular weight is 299 g/mol. The van der Waals surface area contributed by atoms with Crippen molar-refractivity contribution in [3.8, 4) is 0 Å². The highest BCUT2D eigenvalue weighted by molar-refractivity contribution is 7.99. The van der Waals surface area contributed by atoms with Crippen LogP contribution in [0.5, 0.6) is 0 Å². The number of rotatable bonds is 6. The lowest BCUT2D eigenvalue weighted by molar-refractivity contribution is 0.104. The summed E-state index contributed by atoms with van der Waals surface area (Å²) in [6.45, 7) is 13.4. The molecule has 0 aromatic carbocycles. The lowest BCUT2D eigenvalue weighted by atomic mass is 9.73. The van der Waals surface area contributed by atoms with Crippen LogP contribution in [-0.2, 0) is 0 Å². The van der Waals surface area contributed by atoms with Crippen LogP contribution in [0.25, 0.3) is 0 Å². The van der Waals surface area contributed by atoms with Crippen LogP contribution in [0.15, 0.2) is 0 Å². The predicted molar refractivity (Wildman–Crippen MR) is 91.6 cm³/mol. The summed E-state index contributed by atoms with van der Waals surface area (Å²) in [6.07, 6.45) is 7.23. The maximum Gasteiger partial charge on any atom is 0.0147 e. The fourth-order valence-electron chi connectivity index (χ4n) is 3.83. The van der Waals surface area contributed by atoms with Crippen LogP contribution in [-0.4, -0.2) is 48.6 Å². The molecule has 2 rings (SSSR count). The predicted octanol–water partition coefficient (Wildman–Crippen LogP) is 3.62. The first-order valence-electron chi connectivity index (χ1n) is 8.64. The highest BCUT2D eigenvalue weighted by Gasteiger charge is 2.34. The summed E-state index contributed by atoms with van der Waals surface area (Å²) in [5.74, 6) is 2.10. The minimum absolute atomic E-state index is 0.564. The Morgan fingerprint density at radius 2 is 2.00 bits per heavy atom. The molecule has 0 aromatic heterocycles. The first-order valence-corrected chi connectivity index (χ1v) is 9.69. The lowest BCUT2D eigenvalue weighted by Crippen LogP contribution is -2.49. The molecule has 118 valence electrons. The van der Waals surface area contributed by atoms with Crippen molar-refractivity contribution in [1.29, 1.82) is 0 Å². The topological polar surface area (TPSA) is 15.3 Å². The molecule has 1 heterocycles. The van der Waals surface area contributed by atoms with Crippen LogP contribution in [0, 0.1) is 11.3 Å². The van der Waals surface area contributed by atoms with Gasteiger partial charge >= 0.3 is 0 Å². The monoisotopic (exact) mass is 298 g/mol. The summed E-state index contributed by atoms with van der Waals surface area (Å²) in [5.41, 5.74) is 0.564. The number of hydrogen-bond acceptors (Lipinski definition) is 3. The van der Waals surface area contributed by atoms with Crippen LogP contribution in [0.2, 0.25) is 0 Å². The van der Waals surface area contributed by atoms with E-state index >= 15 is 0 Å². The van der Waals surface area contributed by atoms with Crippen molar-refractivity contribution in [2.75, 3.05) is 38.5 Å². The fraction of sp³-hybridized carbons (Fsp3) is 1.00. The Morgan fingerprint density at radius 1 is 1.25 bits per heavy atom. The first-order chi connectivity index (χ1) is 9.60. The summed E-state index contributed by atoms with van der Waals surface area (Å²) in [5, 5.41) is 4.59. The Labute approximate surface area is 130 Å². The molecule has 2 nitrogen and oxygen atoms in total. The quantitative estimate of drug-likeness (QED) is 0.806. The zero-order chi connectivity index (χ0) is 14.4. The zero-order valence-corrected chi connectivity index (χ0v) is 14.6. The Kier molecular flexibility index (Phi) is 6.70. The van der Waals surface area contributed by atoms with Gasteiger partial charge in [-0.2, -0.15) is 11.8 Å². The number of hydrogen-bond donors (Lipinski definition) is 1. The normalized spacial score (nSPS) is 27.9. The molecule has 1 unspecified atom stereocenters. The van der Waals surface area contributed by atoms with Gasteiger partial charge in [0, 0.05) is 37.2 Å². The maximum absolute atomic E-state index is 3.76. The molecule has 0 amide bonds. The van der Waals surface area contributed by atoms with Crippen molar-refractivity contribution in [3.63, 3.8) is 0 Å². The van der Waals surface area contributed by atoms with Crippen LogP contribution in [0.4, 0.5) is 0 Å². The minimum atomic E-state index is 0.564. The van der Waals surface area contributed by atoms with Gasteiger partial charge in [-0.15, -0.1) is 0 Å². The van der Waals surface area contributed by atoms with Gasteiger partial charge in [0.05, 0.1) is 0 Å². The van der Waals surface area contributed by atoms with E-state index < -0.39 is 0 Å². The molecule has 0 radical (unpaired) electrons. The van der Waals surface area contributed by atoms with E-state index in [0.717, 1.165) is 11.2 Å². The Hall–Kier alpha value is 0.270. The van der Waals surface area contributed by atoms with Gasteiger partial charge in [-0.3, -0.25) is 0 Å². The lowest BCUT2D eigenvalue weighted by Gasteiger charge is -2.43. The molecule has 1 saturated heterocycles. The van der Waals surface area contributed by atoms with Crippen molar-refractivity contribution in [2.45, 2.75) is 58.1 Å². The van der Waals surface area contributed by atoms with Gasteiger partial charge in [-0.25, -0.2) is 0 Å². The third kappa shape index (κ3) is 5.23. The molecule has 1 aliphatic carbocycles. The van der Waals surface area contributed by atoms with E-state index in [4.69, 9.17) is 0 Å². The van der Waals surface area contributed by atoms with E-state index in [9.17, 15) is 0 Å². The summed E-state index contributed by atoms with van der Waals surface area (Å²) in [7, 11) is 0. The smallest absolute Gasteiger partial charge is 0.0147 e. The fourth-order valence-corrected chi connectivity index (χ4v) is 4.91. The molecular weight excluding hydrogens is 264 g/mol. The number of thioether (sulfide) groups is 1. The first kappa shape index (κ1) is 16.6. The minimum Gasteiger partial charge on any atom is -0.316 e. The van der Waals surface area contributed by atoms with Gasteiger partial charge in [-0.1, -0.05) is 40.0 Å². The van der Waals surface area contributed by atoms with E-state index in [-0.39, 0.29) is 0 Å². The van der Waals surface area contributed by atoms with Crippen molar-refractivity contribution < 1.29 is 0 Å². The van der Waals surface area contributed by atoms with Crippen LogP contribution < -0.4 is 5.32 Å². The van der Waals surface area contributed by atoms with Gasteiger partial charge in [0.15, 0.2) is 0 Å². The zero-order valence-electron chi connectivity index (χ0n) is 13.8. The summed E-state index contributed by atoms with van der Waals surface area (Å²) in [6, 6.07) is 0. The van der Waals surface area contributed by atoms with Gasteiger partial charge in [0.2, 0.25) is 0 Å². The largest absolute Gasteiger partial charge is 0.316 e. The molecule has 0 spiro atoms. The van der Waals surface area contributed by atoms with Crippen molar-refractivity contribution in [3.05, 3.63) is 0 Å². The SMILES string of the molecule is CC(C)CNCC1(CN2CCSC(C)C2)CCCCC1. The Bertz CT molecular complexity index is 274. The third-order valence-corrected chi connectivity index (χ3v) is 5.99. The highest BCUT2D eigenvalue weighted by atomic mass is 32.2. The van der Waals surface area contributed by atoms with E-state index in [1.165, 1.54) is 70.6 Å². The molecule has 2 aliphatic rings. The van der Waals surface area contributed by atoms with Crippen LogP contribution in [0.1, 0.15) is 52.9 Å². The molecule has 20 heavy (non-hydrogen) atoms. The number of nitrogens with zero attached hydrogens (tertiary/aromatic N) is 1. The summed E-state index contributed by atoms with van der Waals surface area (Å²) < 4.78 is 0. The van der Waals surface area contributed by atoms with E-state index in [2.05, 4.69) is 42.7 Å². The summed E-state index contributed by atoms with van der Waals surface area (Å²) in [4.78, 5) is 2.75. The Balaban J connectivity index is 1.88. The molecule has 3 heteroatoms. The summed E-state index contributed by atoms with van der Waals surface area (Å²) >= 11 is 2.15. The molecule has 0 aromatic rings. The molecule has 1 aliphatic heterocycles. The molecular formula is C17H34N2S. The van der Waals surface area contributed by atoms with Crippen molar-refractivity contribution in [2.24, 2.45) is 11.3 Å². The second kappa shape index (κ2) is 8.05. The molecule has 0 bridgehead atoms. The molecule has 2 fully saturated rings. The van der Waals surface area contributed by atoms with Gasteiger partial charge in [-0.05, 0) is 30.7 Å². The second-order valence-electron chi connectivity index (χ2n) is 7.50. The Morgan fingerprint density at radius 3 is 2.65 bits per heavy atom. The molecule has 1 saturated carbocycles. The van der Waals surface area contributed by atoms with Gasteiger partial charge < -0.3 is 10.2 Å². The number of nitrogens with one attached hydrogen (secondary N) is 1. The standard InChI is InChI=1S/C17H34N2S/c1-15(2)11-18-13-17(7-5-4-6-8-17)14-19-9-10-20-16(3)12-19/h15-16,18H,4-14H2,1-3H3. The van der Waals surface area contributed by atoms with Crippen molar-refractivity contribution >= 4 is 11.8 Å². The van der Waals surface area contributed by atoms with E-state index in [1.54, 1.807) is 0 Å². The third-order valence-electron chi connectivity index (χ3n) is 4.85. The molecule has 1 atom stereocenters. The van der Waals surface area contributed by atoms with Crippen LogP contribution >= 0.6 is 11.8 Å². The van der Waals surface area contributed by atoms with Gasteiger partial charge in [0.25, 0.3) is 0 Å². The van der Waals surface area contributed by atoms with Crippen LogP contribution in [0.3, 0.4) is 0 Å². The second-order valence-corrected chi connectivity index (χ2v) is 9.05. The van der Waals surface area contributed by atoms with E-state index in [1.807, 2.05) is 0 Å². The molecule has 1 N–H and O–H groups in total.